The third-order valence-electron chi connectivity index (χ3n) is 5.26. The summed E-state index contributed by atoms with van der Waals surface area (Å²) in [6, 6.07) is 12.0. The predicted octanol–water partition coefficient (Wildman–Crippen LogP) is 4.42. The van der Waals surface area contributed by atoms with Crippen molar-refractivity contribution in [2.24, 2.45) is 0 Å². The van der Waals surface area contributed by atoms with Crippen LogP contribution in [0.1, 0.15) is 53.2 Å². The van der Waals surface area contributed by atoms with Crippen LogP contribution in [0.4, 0.5) is 5.69 Å². The molecule has 5 heteroatoms. The Kier molecular flexibility index (Phi) is 3.99. The molecule has 1 fully saturated rings. The number of amides is 1. The number of anilines is 1. The van der Waals surface area contributed by atoms with E-state index in [1.54, 1.807) is 0 Å². The third kappa shape index (κ3) is 2.90. The van der Waals surface area contributed by atoms with E-state index < -0.39 is 0 Å². The molecule has 1 saturated carbocycles. The molecule has 25 heavy (non-hydrogen) atoms. The monoisotopic (exact) mass is 334 g/mol. The first-order chi connectivity index (χ1) is 12.1. The van der Waals surface area contributed by atoms with Crippen molar-refractivity contribution >= 4 is 22.6 Å². The molecule has 0 aliphatic heterocycles. The van der Waals surface area contributed by atoms with Gasteiger partial charge in [0.2, 0.25) is 0 Å². The highest BCUT2D eigenvalue weighted by molar-refractivity contribution is 6.06. The molecular weight excluding hydrogens is 312 g/mol. The van der Waals surface area contributed by atoms with Gasteiger partial charge in [0.05, 0.1) is 11.6 Å². The highest BCUT2D eigenvalue weighted by Crippen LogP contribution is 2.31. The number of aromatic nitrogens is 3. The fourth-order valence-electron chi connectivity index (χ4n) is 3.58. The van der Waals surface area contributed by atoms with Gasteiger partial charge in [0.1, 0.15) is 5.52 Å². The van der Waals surface area contributed by atoms with E-state index in [0.717, 1.165) is 40.7 Å². The summed E-state index contributed by atoms with van der Waals surface area (Å²) in [6.45, 7) is 4.06. The SMILES string of the molecule is Cc1cccc(NC(=O)c2ccc3c(c2)nnn3C2CCCC2)c1C. The molecule has 0 radical (unpaired) electrons. The van der Waals surface area contributed by atoms with E-state index in [9.17, 15) is 4.79 Å². The van der Waals surface area contributed by atoms with E-state index in [-0.39, 0.29) is 5.91 Å². The van der Waals surface area contributed by atoms with Crippen LogP contribution in [0, 0.1) is 13.8 Å². The molecule has 0 spiro atoms. The molecule has 1 heterocycles. The Balaban J connectivity index is 1.61. The number of nitrogens with one attached hydrogen (secondary N) is 1. The molecule has 1 aliphatic rings. The number of fused-ring (bicyclic) bond motifs is 1. The Bertz CT molecular complexity index is 938. The maximum atomic E-state index is 12.6. The van der Waals surface area contributed by atoms with Gasteiger partial charge < -0.3 is 5.32 Å². The second-order valence-electron chi connectivity index (χ2n) is 6.88. The zero-order valence-corrected chi connectivity index (χ0v) is 14.6. The number of carbonyl (C=O) groups is 1. The number of aryl methyl sites for hydroxylation is 1. The average Bonchev–Trinajstić information content (AvgIpc) is 3.27. The summed E-state index contributed by atoms with van der Waals surface area (Å²) in [5.41, 5.74) is 5.49. The van der Waals surface area contributed by atoms with Crippen LogP contribution in [0.5, 0.6) is 0 Å². The van der Waals surface area contributed by atoms with Gasteiger partial charge in [0, 0.05) is 11.3 Å². The van der Waals surface area contributed by atoms with E-state index in [1.165, 1.54) is 12.8 Å². The normalized spacial score (nSPS) is 15.0. The lowest BCUT2D eigenvalue weighted by atomic mass is 10.1. The fraction of sp³-hybridized carbons (Fsp3) is 0.350. The van der Waals surface area contributed by atoms with Crippen molar-refractivity contribution in [2.45, 2.75) is 45.6 Å². The van der Waals surface area contributed by atoms with Crippen LogP contribution in [-0.2, 0) is 0 Å². The molecule has 128 valence electrons. The van der Waals surface area contributed by atoms with Gasteiger partial charge in [-0.1, -0.05) is 30.2 Å². The molecule has 1 aliphatic carbocycles. The van der Waals surface area contributed by atoms with Gasteiger partial charge in [-0.25, -0.2) is 4.68 Å². The first kappa shape index (κ1) is 15.8. The lowest BCUT2D eigenvalue weighted by Gasteiger charge is -2.11. The van der Waals surface area contributed by atoms with Gasteiger partial charge in [-0.15, -0.1) is 5.10 Å². The lowest BCUT2D eigenvalue weighted by molar-refractivity contribution is 0.102. The Morgan fingerprint density at radius 1 is 1.16 bits per heavy atom. The molecule has 0 atom stereocenters. The molecule has 1 aromatic heterocycles. The number of benzene rings is 2. The quantitative estimate of drug-likeness (QED) is 0.771. The summed E-state index contributed by atoms with van der Waals surface area (Å²) < 4.78 is 2.02. The molecule has 3 aromatic rings. The summed E-state index contributed by atoms with van der Waals surface area (Å²) >= 11 is 0. The Morgan fingerprint density at radius 3 is 2.76 bits per heavy atom. The number of hydrogen-bond acceptors (Lipinski definition) is 3. The van der Waals surface area contributed by atoms with Crippen molar-refractivity contribution < 1.29 is 4.79 Å². The standard InChI is InChI=1S/C20H22N4O/c1-13-6-5-9-17(14(13)2)21-20(25)15-10-11-19-18(12-15)22-23-24(19)16-7-3-4-8-16/h5-6,9-12,16H,3-4,7-8H2,1-2H3,(H,21,25). The van der Waals surface area contributed by atoms with Crippen molar-refractivity contribution in [1.29, 1.82) is 0 Å². The number of rotatable bonds is 3. The van der Waals surface area contributed by atoms with Crippen LogP contribution in [0.25, 0.3) is 11.0 Å². The van der Waals surface area contributed by atoms with Crippen molar-refractivity contribution in [3.05, 3.63) is 53.1 Å². The maximum Gasteiger partial charge on any atom is 0.255 e. The first-order valence-corrected chi connectivity index (χ1v) is 8.86. The first-order valence-electron chi connectivity index (χ1n) is 8.86. The minimum Gasteiger partial charge on any atom is -0.322 e. The lowest BCUT2D eigenvalue weighted by Crippen LogP contribution is -2.13. The summed E-state index contributed by atoms with van der Waals surface area (Å²) in [7, 11) is 0. The smallest absolute Gasteiger partial charge is 0.255 e. The highest BCUT2D eigenvalue weighted by Gasteiger charge is 2.20. The van der Waals surface area contributed by atoms with E-state index in [1.807, 2.05) is 54.9 Å². The molecule has 1 amide bonds. The van der Waals surface area contributed by atoms with Crippen LogP contribution in [0.2, 0.25) is 0 Å². The van der Waals surface area contributed by atoms with E-state index in [4.69, 9.17) is 0 Å². The minimum absolute atomic E-state index is 0.119. The Hall–Kier alpha value is -2.69. The molecule has 5 nitrogen and oxygen atoms in total. The largest absolute Gasteiger partial charge is 0.322 e. The minimum atomic E-state index is -0.119. The van der Waals surface area contributed by atoms with Crippen LogP contribution in [0.3, 0.4) is 0 Å². The fourth-order valence-corrected chi connectivity index (χ4v) is 3.58. The zero-order valence-electron chi connectivity index (χ0n) is 14.6. The summed E-state index contributed by atoms with van der Waals surface area (Å²) in [5, 5.41) is 11.6. The van der Waals surface area contributed by atoms with Gasteiger partial charge in [0.15, 0.2) is 0 Å². The van der Waals surface area contributed by atoms with Crippen LogP contribution in [-0.4, -0.2) is 20.9 Å². The average molecular weight is 334 g/mol. The van der Waals surface area contributed by atoms with Crippen LogP contribution >= 0.6 is 0 Å². The third-order valence-corrected chi connectivity index (χ3v) is 5.26. The van der Waals surface area contributed by atoms with E-state index in [0.29, 0.717) is 11.6 Å². The summed E-state index contributed by atoms with van der Waals surface area (Å²) in [4.78, 5) is 12.6. The van der Waals surface area contributed by atoms with Gasteiger partial charge >= 0.3 is 0 Å². The maximum absolute atomic E-state index is 12.6. The summed E-state index contributed by atoms with van der Waals surface area (Å²) in [5.74, 6) is -0.119. The number of carbonyl (C=O) groups excluding carboxylic acids is 1. The van der Waals surface area contributed by atoms with Crippen molar-refractivity contribution in [3.8, 4) is 0 Å². The molecular formula is C20H22N4O. The second-order valence-corrected chi connectivity index (χ2v) is 6.88. The van der Waals surface area contributed by atoms with Gasteiger partial charge in [0.25, 0.3) is 5.91 Å². The van der Waals surface area contributed by atoms with E-state index >= 15 is 0 Å². The molecule has 1 N–H and O–H groups in total. The van der Waals surface area contributed by atoms with Crippen LogP contribution < -0.4 is 5.32 Å². The van der Waals surface area contributed by atoms with Crippen molar-refractivity contribution in [1.82, 2.24) is 15.0 Å². The number of hydrogen-bond donors (Lipinski definition) is 1. The molecule has 4 rings (SSSR count). The molecule has 0 unspecified atom stereocenters. The summed E-state index contributed by atoms with van der Waals surface area (Å²) in [6.07, 6.45) is 4.82. The molecule has 2 aromatic carbocycles. The molecule has 0 bridgehead atoms. The van der Waals surface area contributed by atoms with Crippen molar-refractivity contribution in [2.75, 3.05) is 5.32 Å². The van der Waals surface area contributed by atoms with Crippen molar-refractivity contribution in [3.63, 3.8) is 0 Å². The Labute approximate surface area is 147 Å². The van der Waals surface area contributed by atoms with Crippen LogP contribution in [0.15, 0.2) is 36.4 Å². The van der Waals surface area contributed by atoms with Gasteiger partial charge in [-0.05, 0) is 62.1 Å². The van der Waals surface area contributed by atoms with Gasteiger partial charge in [-0.2, -0.15) is 0 Å². The second kappa shape index (κ2) is 6.31. The topological polar surface area (TPSA) is 59.8 Å². The molecule has 0 saturated heterocycles. The zero-order chi connectivity index (χ0) is 17.4. The predicted molar refractivity (Wildman–Crippen MR) is 98.9 cm³/mol. The van der Waals surface area contributed by atoms with Gasteiger partial charge in [-0.3, -0.25) is 4.79 Å². The highest BCUT2D eigenvalue weighted by atomic mass is 16.1. The Morgan fingerprint density at radius 2 is 1.96 bits per heavy atom. The van der Waals surface area contributed by atoms with E-state index in [2.05, 4.69) is 15.6 Å². The number of nitrogens with zero attached hydrogens (tertiary/aromatic N) is 3.